The van der Waals surface area contributed by atoms with Crippen LogP contribution in [-0.2, 0) is 0 Å². The average molecular weight is 438 g/mol. The molecule has 0 unspecified atom stereocenters. The number of nitrogens with one attached hydrogen (secondary N) is 1. The molecule has 7 heteroatoms. The smallest absolute Gasteiger partial charge is 0.161 e. The highest BCUT2D eigenvalue weighted by Crippen LogP contribution is 2.33. The van der Waals surface area contributed by atoms with E-state index in [0.717, 1.165) is 18.7 Å². The summed E-state index contributed by atoms with van der Waals surface area (Å²) in [7, 11) is 0. The van der Waals surface area contributed by atoms with Crippen molar-refractivity contribution in [3.8, 4) is 17.2 Å². The molecular formula is C25H31N3O4. The molecule has 0 spiro atoms. The molecule has 2 aliphatic rings. The third-order valence-electron chi connectivity index (χ3n) is 5.77. The number of nitrogens with zero attached hydrogens (tertiary/aromatic N) is 2. The fraction of sp³-hybridized carbons (Fsp3) is 0.400. The molecule has 0 radical (unpaired) electrons. The lowest BCUT2D eigenvalue weighted by molar-refractivity contribution is 0.111. The zero-order valence-electron chi connectivity index (χ0n) is 18.5. The van der Waals surface area contributed by atoms with Gasteiger partial charge >= 0.3 is 0 Å². The number of rotatable bonds is 9. The molecule has 2 N–H and O–H groups in total. The van der Waals surface area contributed by atoms with Crippen LogP contribution in [0.1, 0.15) is 31.4 Å². The highest BCUT2D eigenvalue weighted by Gasteiger charge is 2.27. The maximum Gasteiger partial charge on any atom is 0.161 e. The van der Waals surface area contributed by atoms with Crippen molar-refractivity contribution in [1.82, 2.24) is 10.2 Å². The molecule has 0 aliphatic carbocycles. The van der Waals surface area contributed by atoms with Gasteiger partial charge in [-0.25, -0.2) is 0 Å². The Labute approximate surface area is 189 Å². The standard InChI is InChI=1S/C25H31N3O4/c1-18(19(2)27-32-21-8-4-3-5-9-21)26-22(17-28-12-6-7-13-28)25(29)20-10-11-23-24(16-20)31-15-14-30-23/h3-5,8-11,16,22,25-26,29H,1,6-7,12-15,17H2,2H3/b27-19+/t22-,25-/m1/s1. The third kappa shape index (κ3) is 5.60. The van der Waals surface area contributed by atoms with Crippen molar-refractivity contribution in [1.29, 1.82) is 0 Å². The molecule has 4 rings (SSSR count). The van der Waals surface area contributed by atoms with Crippen LogP contribution in [0.2, 0.25) is 0 Å². The number of likely N-dealkylation sites (tertiary alicyclic amines) is 1. The Morgan fingerprint density at radius 2 is 1.84 bits per heavy atom. The van der Waals surface area contributed by atoms with Gasteiger partial charge < -0.3 is 29.6 Å². The Balaban J connectivity index is 1.47. The van der Waals surface area contributed by atoms with Crippen molar-refractivity contribution in [2.75, 3.05) is 32.8 Å². The molecule has 0 amide bonds. The number of oxime groups is 1. The summed E-state index contributed by atoms with van der Waals surface area (Å²) < 4.78 is 11.3. The molecule has 7 nitrogen and oxygen atoms in total. The van der Waals surface area contributed by atoms with Crippen LogP contribution in [0.5, 0.6) is 17.2 Å². The van der Waals surface area contributed by atoms with Gasteiger partial charge in [-0.1, -0.05) is 36.0 Å². The van der Waals surface area contributed by atoms with Crippen molar-refractivity contribution < 1.29 is 19.4 Å². The van der Waals surface area contributed by atoms with E-state index in [2.05, 4.69) is 22.0 Å². The van der Waals surface area contributed by atoms with Gasteiger partial charge in [-0.2, -0.15) is 0 Å². The first-order chi connectivity index (χ1) is 15.6. The molecular weight excluding hydrogens is 406 g/mol. The Bertz CT molecular complexity index is 941. The second-order valence-corrected chi connectivity index (χ2v) is 8.17. The normalized spacial score (nSPS) is 18.1. The third-order valence-corrected chi connectivity index (χ3v) is 5.77. The quantitative estimate of drug-likeness (QED) is 0.462. The molecule has 170 valence electrons. The number of aliphatic hydroxyl groups excluding tert-OH is 1. The van der Waals surface area contributed by atoms with Gasteiger partial charge in [0.1, 0.15) is 19.3 Å². The zero-order chi connectivity index (χ0) is 22.3. The van der Waals surface area contributed by atoms with E-state index in [1.807, 2.05) is 55.5 Å². The summed E-state index contributed by atoms with van der Waals surface area (Å²) in [4.78, 5) is 7.86. The van der Waals surface area contributed by atoms with Crippen molar-refractivity contribution in [3.05, 3.63) is 66.4 Å². The van der Waals surface area contributed by atoms with Gasteiger partial charge in [0.25, 0.3) is 0 Å². The predicted molar refractivity (Wildman–Crippen MR) is 124 cm³/mol. The van der Waals surface area contributed by atoms with Crippen LogP contribution < -0.4 is 19.6 Å². The van der Waals surface area contributed by atoms with Crippen molar-refractivity contribution in [3.63, 3.8) is 0 Å². The summed E-state index contributed by atoms with van der Waals surface area (Å²) in [5, 5.41) is 18.9. The average Bonchev–Trinajstić information content (AvgIpc) is 3.35. The van der Waals surface area contributed by atoms with E-state index in [0.29, 0.717) is 48.4 Å². The fourth-order valence-corrected chi connectivity index (χ4v) is 3.93. The highest BCUT2D eigenvalue weighted by atomic mass is 16.6. The molecule has 2 heterocycles. The van der Waals surface area contributed by atoms with Crippen LogP contribution in [0.4, 0.5) is 0 Å². The fourth-order valence-electron chi connectivity index (χ4n) is 3.93. The first-order valence-corrected chi connectivity index (χ1v) is 11.1. The lowest BCUT2D eigenvalue weighted by atomic mass is 10.0. The summed E-state index contributed by atoms with van der Waals surface area (Å²) in [6, 6.07) is 14.7. The molecule has 2 aromatic rings. The van der Waals surface area contributed by atoms with Gasteiger partial charge in [0.05, 0.1) is 17.5 Å². The first-order valence-electron chi connectivity index (χ1n) is 11.1. The summed E-state index contributed by atoms with van der Waals surface area (Å²) >= 11 is 0. The van der Waals surface area contributed by atoms with Crippen LogP contribution in [0.15, 0.2) is 66.0 Å². The van der Waals surface area contributed by atoms with Gasteiger partial charge in [0.2, 0.25) is 0 Å². The number of hydrogen-bond acceptors (Lipinski definition) is 7. The molecule has 2 atom stereocenters. The minimum Gasteiger partial charge on any atom is -0.486 e. The Kier molecular flexibility index (Phi) is 7.29. The lowest BCUT2D eigenvalue weighted by Crippen LogP contribution is -2.44. The number of fused-ring (bicyclic) bond motifs is 1. The van der Waals surface area contributed by atoms with E-state index in [-0.39, 0.29) is 6.04 Å². The number of allylic oxidation sites excluding steroid dienone is 1. The van der Waals surface area contributed by atoms with E-state index in [4.69, 9.17) is 14.3 Å². The monoisotopic (exact) mass is 437 g/mol. The van der Waals surface area contributed by atoms with E-state index in [1.54, 1.807) is 0 Å². The molecule has 1 saturated heterocycles. The van der Waals surface area contributed by atoms with Crippen LogP contribution in [0, 0.1) is 0 Å². The van der Waals surface area contributed by atoms with Gasteiger partial charge in [-0.05, 0) is 62.7 Å². The minimum atomic E-state index is -0.758. The van der Waals surface area contributed by atoms with Crippen molar-refractivity contribution in [2.24, 2.45) is 5.16 Å². The van der Waals surface area contributed by atoms with Gasteiger partial charge in [0.15, 0.2) is 17.2 Å². The summed E-state index contributed by atoms with van der Waals surface area (Å²) in [6.07, 6.45) is 1.60. The minimum absolute atomic E-state index is 0.273. The number of para-hydroxylation sites is 1. The zero-order valence-corrected chi connectivity index (χ0v) is 18.5. The maximum atomic E-state index is 11.3. The molecule has 0 saturated carbocycles. The van der Waals surface area contributed by atoms with Gasteiger partial charge in [0, 0.05) is 6.54 Å². The molecule has 32 heavy (non-hydrogen) atoms. The van der Waals surface area contributed by atoms with E-state index < -0.39 is 6.10 Å². The molecule has 2 aliphatic heterocycles. The Morgan fingerprint density at radius 1 is 1.12 bits per heavy atom. The van der Waals surface area contributed by atoms with Gasteiger partial charge in [-0.3, -0.25) is 0 Å². The second kappa shape index (κ2) is 10.5. The SMILES string of the molecule is C=C(N[C@H](CN1CCCC1)[C@H](O)c1ccc2c(c1)OCCO2)/C(C)=N/Oc1ccccc1. The van der Waals surface area contributed by atoms with Crippen LogP contribution in [0.3, 0.4) is 0 Å². The number of hydrogen-bond donors (Lipinski definition) is 2. The Hall–Kier alpha value is -3.03. The maximum absolute atomic E-state index is 11.3. The van der Waals surface area contributed by atoms with Crippen molar-refractivity contribution in [2.45, 2.75) is 31.9 Å². The first kappa shape index (κ1) is 22.2. The van der Waals surface area contributed by atoms with Crippen LogP contribution in [0.25, 0.3) is 0 Å². The summed E-state index contributed by atoms with van der Waals surface area (Å²) in [5.74, 6) is 2.03. The summed E-state index contributed by atoms with van der Waals surface area (Å²) in [6.45, 7) is 9.77. The van der Waals surface area contributed by atoms with Crippen molar-refractivity contribution >= 4 is 5.71 Å². The molecule has 0 bridgehead atoms. The molecule has 2 aromatic carbocycles. The van der Waals surface area contributed by atoms with E-state index in [9.17, 15) is 5.11 Å². The van der Waals surface area contributed by atoms with Gasteiger partial charge in [-0.15, -0.1) is 0 Å². The lowest BCUT2D eigenvalue weighted by Gasteiger charge is -2.30. The van der Waals surface area contributed by atoms with E-state index >= 15 is 0 Å². The topological polar surface area (TPSA) is 75.6 Å². The largest absolute Gasteiger partial charge is 0.486 e. The Morgan fingerprint density at radius 3 is 2.59 bits per heavy atom. The molecule has 1 fully saturated rings. The van der Waals surface area contributed by atoms with Crippen LogP contribution >= 0.6 is 0 Å². The second-order valence-electron chi connectivity index (χ2n) is 8.17. The number of benzene rings is 2. The number of aliphatic hydroxyl groups is 1. The molecule has 0 aromatic heterocycles. The predicted octanol–water partition coefficient (Wildman–Crippen LogP) is 3.51. The van der Waals surface area contributed by atoms with E-state index in [1.165, 1.54) is 12.8 Å². The summed E-state index contributed by atoms with van der Waals surface area (Å²) in [5.41, 5.74) is 2.00. The highest BCUT2D eigenvalue weighted by molar-refractivity contribution is 5.96. The van der Waals surface area contributed by atoms with Crippen LogP contribution in [-0.4, -0.2) is 54.6 Å². The number of ether oxygens (including phenoxy) is 2.